The molecule has 72 valence electrons. The monoisotopic (exact) mass is 188 g/mol. The van der Waals surface area contributed by atoms with E-state index in [4.69, 9.17) is 11.0 Å². The van der Waals surface area contributed by atoms with E-state index in [1.54, 1.807) is 6.07 Å². The van der Waals surface area contributed by atoms with Crippen LogP contribution in [-0.4, -0.2) is 5.78 Å². The van der Waals surface area contributed by atoms with Gasteiger partial charge in [-0.15, -0.1) is 0 Å². The van der Waals surface area contributed by atoms with E-state index < -0.39 is 6.04 Å². The van der Waals surface area contributed by atoms with Gasteiger partial charge in [-0.3, -0.25) is 4.79 Å². The van der Waals surface area contributed by atoms with Crippen LogP contribution in [0.5, 0.6) is 0 Å². The summed E-state index contributed by atoms with van der Waals surface area (Å²) >= 11 is 0. The van der Waals surface area contributed by atoms with Gasteiger partial charge in [0.1, 0.15) is 0 Å². The molecule has 1 atom stereocenters. The molecule has 0 spiro atoms. The predicted octanol–water partition coefficient (Wildman–Crippen LogP) is 1.34. The molecular weight excluding hydrogens is 176 g/mol. The smallest absolute Gasteiger partial charge is 0.150 e. The fourth-order valence-corrected chi connectivity index (χ4v) is 1.30. The molecule has 1 unspecified atom stereocenters. The molecule has 3 nitrogen and oxygen atoms in total. The van der Waals surface area contributed by atoms with Crippen LogP contribution >= 0.6 is 0 Å². The molecule has 1 aromatic carbocycles. The molecule has 0 aliphatic heterocycles. The van der Waals surface area contributed by atoms with Crippen molar-refractivity contribution in [3.8, 4) is 6.07 Å². The SMILES string of the molecule is CC(=O)C(N)c1ccccc1CC#N. The first kappa shape index (κ1) is 10.4. The van der Waals surface area contributed by atoms with E-state index in [-0.39, 0.29) is 12.2 Å². The van der Waals surface area contributed by atoms with Crippen molar-refractivity contribution in [1.82, 2.24) is 0 Å². The third-order valence-corrected chi connectivity index (χ3v) is 2.10. The molecule has 0 aliphatic carbocycles. The van der Waals surface area contributed by atoms with E-state index in [1.165, 1.54) is 6.92 Å². The lowest BCUT2D eigenvalue weighted by Gasteiger charge is -2.11. The summed E-state index contributed by atoms with van der Waals surface area (Å²) in [5.74, 6) is -0.0876. The molecule has 0 radical (unpaired) electrons. The minimum absolute atomic E-state index is 0.0876. The molecule has 0 bridgehead atoms. The fourth-order valence-electron chi connectivity index (χ4n) is 1.30. The maximum Gasteiger partial charge on any atom is 0.150 e. The normalized spacial score (nSPS) is 11.8. The summed E-state index contributed by atoms with van der Waals surface area (Å²) in [5.41, 5.74) is 7.29. The predicted molar refractivity (Wildman–Crippen MR) is 53.4 cm³/mol. The van der Waals surface area contributed by atoms with Crippen LogP contribution < -0.4 is 5.73 Å². The topological polar surface area (TPSA) is 66.9 Å². The number of carbonyl (C=O) groups excluding carboxylic acids is 1. The first-order valence-electron chi connectivity index (χ1n) is 4.37. The maximum absolute atomic E-state index is 11.1. The van der Waals surface area contributed by atoms with Gasteiger partial charge in [0.2, 0.25) is 0 Å². The van der Waals surface area contributed by atoms with E-state index in [1.807, 2.05) is 18.2 Å². The van der Waals surface area contributed by atoms with Gasteiger partial charge in [-0.2, -0.15) is 5.26 Å². The number of nitriles is 1. The molecular formula is C11H12N2O. The summed E-state index contributed by atoms with van der Waals surface area (Å²) in [7, 11) is 0. The summed E-state index contributed by atoms with van der Waals surface area (Å²) in [6.07, 6.45) is 0.289. The number of nitrogens with two attached hydrogens (primary N) is 1. The maximum atomic E-state index is 11.1. The molecule has 0 saturated heterocycles. The number of rotatable bonds is 3. The Morgan fingerprint density at radius 1 is 1.57 bits per heavy atom. The van der Waals surface area contributed by atoms with E-state index in [2.05, 4.69) is 6.07 Å². The minimum atomic E-state index is -0.612. The molecule has 0 saturated carbocycles. The number of Topliss-reactive ketones (excluding diaryl/α,β-unsaturated/α-hetero) is 1. The molecule has 0 heterocycles. The molecule has 0 fully saturated rings. The lowest BCUT2D eigenvalue weighted by molar-refractivity contribution is -0.118. The molecule has 0 aliphatic rings. The Hall–Kier alpha value is -1.66. The van der Waals surface area contributed by atoms with Gasteiger partial charge in [0.05, 0.1) is 18.5 Å². The second-order valence-electron chi connectivity index (χ2n) is 3.12. The molecule has 2 N–H and O–H groups in total. The number of hydrogen-bond donors (Lipinski definition) is 1. The van der Waals surface area contributed by atoms with Gasteiger partial charge in [0.15, 0.2) is 5.78 Å². The molecule has 3 heteroatoms. The van der Waals surface area contributed by atoms with Crippen molar-refractivity contribution in [3.63, 3.8) is 0 Å². The highest BCUT2D eigenvalue weighted by Crippen LogP contribution is 2.17. The average molecular weight is 188 g/mol. The highest BCUT2D eigenvalue weighted by atomic mass is 16.1. The zero-order valence-corrected chi connectivity index (χ0v) is 8.03. The van der Waals surface area contributed by atoms with Gasteiger partial charge in [0, 0.05) is 0 Å². The van der Waals surface area contributed by atoms with Crippen LogP contribution in [0.4, 0.5) is 0 Å². The third kappa shape index (κ3) is 2.18. The van der Waals surface area contributed by atoms with E-state index in [0.717, 1.165) is 11.1 Å². The summed E-state index contributed by atoms with van der Waals surface area (Å²) < 4.78 is 0. The van der Waals surface area contributed by atoms with Gasteiger partial charge in [-0.05, 0) is 18.1 Å². The van der Waals surface area contributed by atoms with Gasteiger partial charge in [0.25, 0.3) is 0 Å². The number of benzene rings is 1. The highest BCUT2D eigenvalue weighted by Gasteiger charge is 2.13. The lowest BCUT2D eigenvalue weighted by atomic mass is 9.97. The third-order valence-electron chi connectivity index (χ3n) is 2.10. The van der Waals surface area contributed by atoms with Gasteiger partial charge < -0.3 is 5.73 Å². The standard InChI is InChI=1S/C11H12N2O/c1-8(14)11(13)10-5-3-2-4-9(10)6-7-12/h2-5,11H,6,13H2,1H3. The van der Waals surface area contributed by atoms with Crippen molar-refractivity contribution in [2.45, 2.75) is 19.4 Å². The molecule has 1 rings (SSSR count). The number of ketones is 1. The number of carbonyl (C=O) groups is 1. The molecule has 0 aromatic heterocycles. The second-order valence-corrected chi connectivity index (χ2v) is 3.12. The highest BCUT2D eigenvalue weighted by molar-refractivity contribution is 5.83. The van der Waals surface area contributed by atoms with Crippen molar-refractivity contribution in [2.24, 2.45) is 5.73 Å². The summed E-state index contributed by atoms with van der Waals surface area (Å²) in [6.45, 7) is 1.45. The van der Waals surface area contributed by atoms with Crippen LogP contribution in [0.2, 0.25) is 0 Å². The van der Waals surface area contributed by atoms with Crippen LogP contribution in [0.1, 0.15) is 24.1 Å². The Morgan fingerprint density at radius 2 is 2.21 bits per heavy atom. The Labute approximate surface area is 83.2 Å². The Morgan fingerprint density at radius 3 is 2.79 bits per heavy atom. The lowest BCUT2D eigenvalue weighted by Crippen LogP contribution is -2.20. The van der Waals surface area contributed by atoms with Crippen LogP contribution in [-0.2, 0) is 11.2 Å². The largest absolute Gasteiger partial charge is 0.318 e. The van der Waals surface area contributed by atoms with Gasteiger partial charge in [-0.25, -0.2) is 0 Å². The Balaban J connectivity index is 3.07. The molecule has 0 amide bonds. The zero-order valence-electron chi connectivity index (χ0n) is 8.03. The summed E-state index contributed by atoms with van der Waals surface area (Å²) in [4.78, 5) is 11.1. The van der Waals surface area contributed by atoms with E-state index in [0.29, 0.717) is 0 Å². The van der Waals surface area contributed by atoms with E-state index in [9.17, 15) is 4.79 Å². The summed E-state index contributed by atoms with van der Waals surface area (Å²) in [6, 6.07) is 8.71. The Kier molecular flexibility index (Phi) is 3.38. The van der Waals surface area contributed by atoms with Crippen molar-refractivity contribution in [2.75, 3.05) is 0 Å². The minimum Gasteiger partial charge on any atom is -0.318 e. The first-order chi connectivity index (χ1) is 6.66. The van der Waals surface area contributed by atoms with Gasteiger partial charge >= 0.3 is 0 Å². The first-order valence-corrected chi connectivity index (χ1v) is 4.37. The number of hydrogen-bond acceptors (Lipinski definition) is 3. The molecule has 14 heavy (non-hydrogen) atoms. The van der Waals surface area contributed by atoms with Crippen molar-refractivity contribution >= 4 is 5.78 Å². The average Bonchev–Trinajstić information content (AvgIpc) is 2.18. The van der Waals surface area contributed by atoms with Crippen LogP contribution in [0.25, 0.3) is 0 Å². The fraction of sp³-hybridized carbons (Fsp3) is 0.273. The van der Waals surface area contributed by atoms with Crippen molar-refractivity contribution < 1.29 is 4.79 Å². The number of nitrogens with zero attached hydrogens (tertiary/aromatic N) is 1. The van der Waals surface area contributed by atoms with Crippen LogP contribution in [0, 0.1) is 11.3 Å². The summed E-state index contributed by atoms with van der Waals surface area (Å²) in [5, 5.41) is 8.59. The molecule has 1 aromatic rings. The zero-order chi connectivity index (χ0) is 10.6. The van der Waals surface area contributed by atoms with Crippen LogP contribution in [0.3, 0.4) is 0 Å². The van der Waals surface area contributed by atoms with E-state index >= 15 is 0 Å². The van der Waals surface area contributed by atoms with Crippen molar-refractivity contribution in [1.29, 1.82) is 5.26 Å². The van der Waals surface area contributed by atoms with Gasteiger partial charge in [-0.1, -0.05) is 24.3 Å². The second kappa shape index (κ2) is 4.54. The van der Waals surface area contributed by atoms with Crippen molar-refractivity contribution in [3.05, 3.63) is 35.4 Å². The van der Waals surface area contributed by atoms with Crippen LogP contribution in [0.15, 0.2) is 24.3 Å². The Bertz CT molecular complexity index is 379. The quantitative estimate of drug-likeness (QED) is 0.778.